The lowest BCUT2D eigenvalue weighted by atomic mass is 10.2. The molecule has 0 radical (unpaired) electrons. The first-order valence-electron chi connectivity index (χ1n) is 8.48. The van der Waals surface area contributed by atoms with Gasteiger partial charge in [-0.1, -0.05) is 17.3 Å². The third-order valence-electron chi connectivity index (χ3n) is 4.20. The quantitative estimate of drug-likeness (QED) is 0.198. The molecule has 2 aromatic carbocycles. The number of ether oxygens (including phenoxy) is 1. The van der Waals surface area contributed by atoms with Crippen LogP contribution in [0.3, 0.4) is 0 Å². The van der Waals surface area contributed by atoms with Gasteiger partial charge in [-0.3, -0.25) is 14.7 Å². The van der Waals surface area contributed by atoms with Crippen LogP contribution < -0.4 is 9.53 Å². The summed E-state index contributed by atoms with van der Waals surface area (Å²) in [6.07, 6.45) is 2.60. The van der Waals surface area contributed by atoms with E-state index in [-0.39, 0.29) is 33.4 Å². The Hall–Kier alpha value is -4.17. The van der Waals surface area contributed by atoms with E-state index in [4.69, 9.17) is 9.26 Å². The smallest absolute Gasteiger partial charge is 0.341 e. The molecule has 0 aliphatic heterocycles. The molecular formula is C17H13N6O7S+. The molecule has 4 aromatic rings. The van der Waals surface area contributed by atoms with Crippen molar-refractivity contribution in [2.45, 2.75) is 4.90 Å². The Bertz CT molecular complexity index is 1380. The molecule has 4 rings (SSSR count). The summed E-state index contributed by atoms with van der Waals surface area (Å²) in [4.78, 5) is 12.6. The molecule has 0 unspecified atom stereocenters. The second-order valence-electron chi connectivity index (χ2n) is 6.07. The predicted molar refractivity (Wildman–Crippen MR) is 101 cm³/mol. The van der Waals surface area contributed by atoms with Crippen LogP contribution >= 0.6 is 0 Å². The predicted octanol–water partition coefficient (Wildman–Crippen LogP) is 1.36. The lowest BCUT2D eigenvalue weighted by Crippen LogP contribution is -2.43. The number of methoxy groups -OCH3 is 1. The monoisotopic (exact) mass is 445 g/mol. The highest BCUT2D eigenvalue weighted by Gasteiger charge is 2.30. The minimum Gasteiger partial charge on any atom is -0.492 e. The Balaban J connectivity index is 1.98. The van der Waals surface area contributed by atoms with Gasteiger partial charge in [0.15, 0.2) is 17.7 Å². The fraction of sp³-hybridized carbons (Fsp3) is 0.0588. The molecule has 14 heteroatoms. The minimum absolute atomic E-state index is 0.0369. The van der Waals surface area contributed by atoms with Gasteiger partial charge in [0.05, 0.1) is 28.8 Å². The zero-order valence-electron chi connectivity index (χ0n) is 15.7. The summed E-state index contributed by atoms with van der Waals surface area (Å²) in [5.41, 5.74) is 0.421. The van der Waals surface area contributed by atoms with E-state index in [1.807, 2.05) is 0 Å². The fourth-order valence-corrected chi connectivity index (χ4v) is 3.52. The van der Waals surface area contributed by atoms with Crippen molar-refractivity contribution in [2.24, 2.45) is 0 Å². The average molecular weight is 445 g/mol. The Morgan fingerprint density at radius 2 is 2.03 bits per heavy atom. The summed E-state index contributed by atoms with van der Waals surface area (Å²) in [6.45, 7) is 0. The van der Waals surface area contributed by atoms with Crippen LogP contribution in [0.1, 0.15) is 0 Å². The van der Waals surface area contributed by atoms with E-state index in [0.717, 1.165) is 0 Å². The molecule has 0 atom stereocenters. The van der Waals surface area contributed by atoms with Crippen LogP contribution in [-0.4, -0.2) is 45.2 Å². The maximum absolute atomic E-state index is 11.8. The first-order chi connectivity index (χ1) is 14.8. The summed E-state index contributed by atoms with van der Waals surface area (Å²) < 4.78 is 43.3. The van der Waals surface area contributed by atoms with Crippen molar-refractivity contribution in [1.29, 1.82) is 0 Å². The van der Waals surface area contributed by atoms with Gasteiger partial charge in [0.1, 0.15) is 11.1 Å². The number of benzene rings is 2. The van der Waals surface area contributed by atoms with Gasteiger partial charge in [-0.2, -0.15) is 8.42 Å². The molecule has 0 saturated carbocycles. The maximum Gasteiger partial charge on any atom is 0.341 e. The summed E-state index contributed by atoms with van der Waals surface area (Å²) >= 11 is 0. The van der Waals surface area contributed by atoms with Gasteiger partial charge in [-0.05, 0) is 22.0 Å². The topological polar surface area (TPSA) is 167 Å². The van der Waals surface area contributed by atoms with E-state index in [0.29, 0.717) is 5.69 Å². The van der Waals surface area contributed by atoms with Gasteiger partial charge in [0.25, 0.3) is 15.8 Å². The second-order valence-corrected chi connectivity index (χ2v) is 7.46. The second kappa shape index (κ2) is 7.58. The number of nitrogens with zero attached hydrogens (tertiary/aromatic N) is 6. The largest absolute Gasteiger partial charge is 0.492 e. The molecule has 0 bridgehead atoms. The Labute approximate surface area is 174 Å². The molecule has 0 saturated heterocycles. The van der Waals surface area contributed by atoms with E-state index in [2.05, 4.69) is 15.4 Å². The first kappa shape index (κ1) is 20.1. The molecule has 0 aliphatic carbocycles. The first-order valence-corrected chi connectivity index (χ1v) is 9.92. The maximum atomic E-state index is 11.8. The molecular weight excluding hydrogens is 432 g/mol. The number of aromatic nitrogens is 5. The number of non-ortho nitro benzene ring substituents is 1. The number of nitro benzene ring substituents is 1. The third-order valence-corrected chi connectivity index (χ3v) is 5.12. The van der Waals surface area contributed by atoms with Crippen molar-refractivity contribution in [3.05, 3.63) is 65.0 Å². The number of hydrogen-bond donors (Lipinski definition) is 1. The molecule has 31 heavy (non-hydrogen) atoms. The molecule has 0 fully saturated rings. The van der Waals surface area contributed by atoms with Crippen molar-refractivity contribution in [3.63, 3.8) is 0 Å². The Morgan fingerprint density at radius 3 is 2.68 bits per heavy atom. The molecule has 1 N–H and O–H groups in total. The van der Waals surface area contributed by atoms with E-state index < -0.39 is 15.0 Å². The highest BCUT2D eigenvalue weighted by molar-refractivity contribution is 7.86. The number of hydrogen-bond acceptors (Lipinski definition) is 9. The van der Waals surface area contributed by atoms with E-state index in [1.54, 1.807) is 6.07 Å². The highest BCUT2D eigenvalue weighted by atomic mass is 32.2. The molecule has 158 valence electrons. The van der Waals surface area contributed by atoms with Crippen LogP contribution in [0.4, 0.5) is 5.69 Å². The van der Waals surface area contributed by atoms with E-state index in [9.17, 15) is 23.1 Å². The highest BCUT2D eigenvalue weighted by Crippen LogP contribution is 2.27. The van der Waals surface area contributed by atoms with Gasteiger partial charge >= 0.3 is 5.82 Å². The average Bonchev–Trinajstić information content (AvgIpc) is 3.42. The molecule has 0 spiro atoms. The molecule has 2 heterocycles. The van der Waals surface area contributed by atoms with Gasteiger partial charge in [0, 0.05) is 16.9 Å². The summed E-state index contributed by atoms with van der Waals surface area (Å²) in [5.74, 6) is 0.0498. The van der Waals surface area contributed by atoms with Crippen molar-refractivity contribution in [3.8, 4) is 28.5 Å². The standard InChI is InChI=1S/C17H12N6O7S/c1-29-15-8-11(23(24)25)6-7-14(15)22-20-17(19-21(22)12-9-18-30-10-12)13-4-2-3-5-16(13)31(26,27)28/h2-10H,1H3/p+1. The van der Waals surface area contributed by atoms with Crippen LogP contribution in [0.25, 0.3) is 22.8 Å². The lowest BCUT2D eigenvalue weighted by molar-refractivity contribution is -0.734. The molecule has 13 nitrogen and oxygen atoms in total. The summed E-state index contributed by atoms with van der Waals surface area (Å²) in [6, 6.07) is 9.49. The number of tetrazole rings is 1. The third kappa shape index (κ3) is 3.72. The van der Waals surface area contributed by atoms with Crippen LogP contribution in [0, 0.1) is 10.1 Å². The van der Waals surface area contributed by atoms with Crippen LogP contribution in [0.2, 0.25) is 0 Å². The minimum atomic E-state index is -4.56. The molecule has 0 amide bonds. The Kier molecular flexibility index (Phi) is 4.92. The summed E-state index contributed by atoms with van der Waals surface area (Å²) in [5, 5.41) is 23.4. The van der Waals surface area contributed by atoms with Crippen molar-refractivity contribution < 1.29 is 32.0 Å². The van der Waals surface area contributed by atoms with E-state index in [1.165, 1.54) is 65.6 Å². The number of nitro groups is 1. The normalized spacial score (nSPS) is 11.4. The van der Waals surface area contributed by atoms with Crippen LogP contribution in [0.15, 0.2) is 64.3 Å². The van der Waals surface area contributed by atoms with Crippen LogP contribution in [-0.2, 0) is 10.1 Å². The van der Waals surface area contributed by atoms with Gasteiger partial charge in [0.2, 0.25) is 5.69 Å². The molecule has 0 aliphatic rings. The van der Waals surface area contributed by atoms with Gasteiger partial charge < -0.3 is 9.26 Å². The lowest BCUT2D eigenvalue weighted by Gasteiger charge is -2.04. The van der Waals surface area contributed by atoms with Crippen molar-refractivity contribution in [1.82, 2.24) is 20.2 Å². The van der Waals surface area contributed by atoms with E-state index >= 15 is 0 Å². The SMILES string of the molecule is COc1cc([N+](=O)[O-])ccc1-[n+]1nc(-c2ccccc2S(=O)(=O)O)nn1-c1cnoc1. The van der Waals surface area contributed by atoms with Crippen molar-refractivity contribution >= 4 is 15.8 Å². The number of rotatable bonds is 6. The zero-order chi connectivity index (χ0) is 22.2. The zero-order valence-corrected chi connectivity index (χ0v) is 16.5. The van der Waals surface area contributed by atoms with Gasteiger partial charge in [-0.25, -0.2) is 0 Å². The Morgan fingerprint density at radius 1 is 1.26 bits per heavy atom. The molecule has 2 aromatic heterocycles. The van der Waals surface area contributed by atoms with Gasteiger partial charge in [-0.15, -0.1) is 0 Å². The van der Waals surface area contributed by atoms with Crippen molar-refractivity contribution in [2.75, 3.05) is 7.11 Å². The summed E-state index contributed by atoms with van der Waals surface area (Å²) in [7, 11) is -3.23. The fourth-order valence-electron chi connectivity index (χ4n) is 2.83. The van der Waals surface area contributed by atoms with Crippen LogP contribution in [0.5, 0.6) is 5.75 Å².